The van der Waals surface area contributed by atoms with Crippen molar-refractivity contribution in [2.24, 2.45) is 5.92 Å². The third-order valence-corrected chi connectivity index (χ3v) is 5.09. The van der Waals surface area contributed by atoms with Crippen molar-refractivity contribution in [3.8, 4) is 0 Å². The van der Waals surface area contributed by atoms with E-state index >= 15 is 0 Å². The van der Waals surface area contributed by atoms with Crippen molar-refractivity contribution in [3.63, 3.8) is 0 Å². The Morgan fingerprint density at radius 2 is 1.87 bits per heavy atom. The molecule has 0 fully saturated rings. The normalized spacial score (nSPS) is 29.2. The molecule has 1 aliphatic rings. The molecule has 2 rings (SSSR count). The maximum Gasteiger partial charge on any atom is 0.178 e. The number of sulfone groups is 1. The van der Waals surface area contributed by atoms with E-state index in [4.69, 9.17) is 0 Å². The monoisotopic (exact) mass is 224 g/mol. The summed E-state index contributed by atoms with van der Waals surface area (Å²) in [6.07, 6.45) is 0.955. The minimum Gasteiger partial charge on any atom is -0.224 e. The fraction of sp³-hybridized carbons (Fsp3) is 0.500. The van der Waals surface area contributed by atoms with Gasteiger partial charge in [-0.3, -0.25) is 0 Å². The van der Waals surface area contributed by atoms with E-state index < -0.39 is 9.84 Å². The van der Waals surface area contributed by atoms with Gasteiger partial charge >= 0.3 is 0 Å². The van der Waals surface area contributed by atoms with Gasteiger partial charge in [-0.15, -0.1) is 0 Å². The summed E-state index contributed by atoms with van der Waals surface area (Å²) >= 11 is 0. The third kappa shape index (κ3) is 1.93. The zero-order valence-corrected chi connectivity index (χ0v) is 9.92. The molecule has 1 aliphatic heterocycles. The molecule has 0 unspecified atom stereocenters. The average Bonchev–Trinajstić information content (AvgIpc) is 2.23. The highest BCUT2D eigenvalue weighted by atomic mass is 32.2. The van der Waals surface area contributed by atoms with Crippen LogP contribution in [0.2, 0.25) is 0 Å². The summed E-state index contributed by atoms with van der Waals surface area (Å²) in [6.45, 7) is 4.12. The van der Waals surface area contributed by atoms with Crippen LogP contribution in [0, 0.1) is 5.92 Å². The summed E-state index contributed by atoms with van der Waals surface area (Å²) in [7, 11) is -3.06. The molecule has 1 aromatic carbocycles. The molecule has 3 heteroatoms. The molecule has 0 saturated heterocycles. The number of hydrogen-bond donors (Lipinski definition) is 0. The molecule has 1 heterocycles. The highest BCUT2D eigenvalue weighted by molar-refractivity contribution is 7.91. The van der Waals surface area contributed by atoms with E-state index in [9.17, 15) is 8.42 Å². The molecule has 0 radical (unpaired) electrons. The molecule has 0 spiro atoms. The molecule has 0 bridgehead atoms. The second-order valence-electron chi connectivity index (χ2n) is 4.56. The first-order valence-corrected chi connectivity index (χ1v) is 6.97. The first-order chi connectivity index (χ1) is 7.00. The van der Waals surface area contributed by atoms with Crippen molar-refractivity contribution in [3.05, 3.63) is 29.8 Å². The van der Waals surface area contributed by atoms with Crippen molar-refractivity contribution < 1.29 is 8.42 Å². The van der Waals surface area contributed by atoms with E-state index in [1.807, 2.05) is 19.1 Å². The molecular formula is C12H16O2S. The van der Waals surface area contributed by atoms with E-state index in [0.717, 1.165) is 12.0 Å². The zero-order valence-electron chi connectivity index (χ0n) is 9.10. The topological polar surface area (TPSA) is 34.1 Å². The van der Waals surface area contributed by atoms with Gasteiger partial charge in [0.1, 0.15) is 0 Å². The zero-order chi connectivity index (χ0) is 11.1. The molecule has 15 heavy (non-hydrogen) atoms. The van der Waals surface area contributed by atoms with Crippen molar-refractivity contribution >= 4 is 9.84 Å². The second-order valence-corrected chi connectivity index (χ2v) is 6.56. The van der Waals surface area contributed by atoms with Crippen LogP contribution in [-0.2, 0) is 9.84 Å². The van der Waals surface area contributed by atoms with Crippen molar-refractivity contribution in [1.29, 1.82) is 0 Å². The van der Waals surface area contributed by atoms with Gasteiger partial charge in [-0.1, -0.05) is 32.0 Å². The lowest BCUT2D eigenvalue weighted by Crippen LogP contribution is -2.11. The first kappa shape index (κ1) is 10.7. The standard InChI is InChI=1S/C12H16O2S/c1-9-7-10(2)11-5-3-4-6-12(11)15(13,14)8-9/h3-6,9-10H,7-8H2,1-2H3/t9-,10+/m0/s1. The lowest BCUT2D eigenvalue weighted by Gasteiger charge is -2.12. The Hall–Kier alpha value is -0.830. The van der Waals surface area contributed by atoms with E-state index in [-0.39, 0.29) is 11.7 Å². The second kappa shape index (κ2) is 3.63. The van der Waals surface area contributed by atoms with E-state index in [1.165, 1.54) is 0 Å². The minimum absolute atomic E-state index is 0.248. The number of hydrogen-bond acceptors (Lipinski definition) is 2. The Morgan fingerprint density at radius 3 is 2.60 bits per heavy atom. The molecule has 0 amide bonds. The SMILES string of the molecule is C[C@H]1C[C@@H](C)c2ccccc2S(=O)(=O)C1. The molecule has 0 saturated carbocycles. The van der Waals surface area contributed by atoms with Crippen LogP contribution in [0.3, 0.4) is 0 Å². The lowest BCUT2D eigenvalue weighted by molar-refractivity contribution is 0.523. The van der Waals surface area contributed by atoms with Crippen LogP contribution in [-0.4, -0.2) is 14.2 Å². The highest BCUT2D eigenvalue weighted by Gasteiger charge is 2.28. The molecular weight excluding hydrogens is 208 g/mol. The summed E-state index contributed by atoms with van der Waals surface area (Å²) in [5, 5.41) is 0. The predicted molar refractivity (Wildman–Crippen MR) is 60.7 cm³/mol. The summed E-state index contributed by atoms with van der Waals surface area (Å²) < 4.78 is 24.1. The van der Waals surface area contributed by atoms with Crippen molar-refractivity contribution in [1.82, 2.24) is 0 Å². The van der Waals surface area contributed by atoms with Gasteiger partial charge in [0.15, 0.2) is 9.84 Å². The lowest BCUT2D eigenvalue weighted by atomic mass is 9.92. The Balaban J connectivity index is 2.63. The van der Waals surface area contributed by atoms with Gasteiger partial charge in [-0.2, -0.15) is 0 Å². The molecule has 1 aromatic rings. The summed E-state index contributed by atoms with van der Waals surface area (Å²) in [4.78, 5) is 0.543. The molecule has 0 aromatic heterocycles. The van der Waals surface area contributed by atoms with Gasteiger partial charge in [0.05, 0.1) is 10.6 Å². The van der Waals surface area contributed by atoms with Gasteiger partial charge < -0.3 is 0 Å². The summed E-state index contributed by atoms with van der Waals surface area (Å²) in [6, 6.07) is 7.40. The van der Waals surface area contributed by atoms with Gasteiger partial charge in [-0.25, -0.2) is 8.42 Å². The fourth-order valence-corrected chi connectivity index (χ4v) is 4.41. The smallest absolute Gasteiger partial charge is 0.178 e. The Kier molecular flexibility index (Phi) is 2.59. The van der Waals surface area contributed by atoms with Crippen LogP contribution in [0.15, 0.2) is 29.2 Å². The van der Waals surface area contributed by atoms with Crippen LogP contribution >= 0.6 is 0 Å². The molecule has 2 atom stereocenters. The van der Waals surface area contributed by atoms with Crippen molar-refractivity contribution in [2.75, 3.05) is 5.75 Å². The third-order valence-electron chi connectivity index (χ3n) is 3.04. The van der Waals surface area contributed by atoms with Crippen LogP contribution in [0.25, 0.3) is 0 Å². The van der Waals surface area contributed by atoms with Gasteiger partial charge in [0.25, 0.3) is 0 Å². The van der Waals surface area contributed by atoms with E-state index in [0.29, 0.717) is 10.8 Å². The number of rotatable bonds is 0. The van der Waals surface area contributed by atoms with Crippen LogP contribution in [0.1, 0.15) is 31.7 Å². The minimum atomic E-state index is -3.06. The number of benzene rings is 1. The van der Waals surface area contributed by atoms with E-state index in [2.05, 4.69) is 6.92 Å². The average molecular weight is 224 g/mol. The van der Waals surface area contributed by atoms with Crippen LogP contribution in [0.5, 0.6) is 0 Å². The van der Waals surface area contributed by atoms with Crippen molar-refractivity contribution in [2.45, 2.75) is 31.1 Å². The maximum atomic E-state index is 12.0. The quantitative estimate of drug-likeness (QED) is 0.679. The largest absolute Gasteiger partial charge is 0.224 e. The van der Waals surface area contributed by atoms with Gasteiger partial charge in [0.2, 0.25) is 0 Å². The molecule has 82 valence electrons. The predicted octanol–water partition coefficient (Wildman–Crippen LogP) is 2.60. The molecule has 2 nitrogen and oxygen atoms in total. The maximum absolute atomic E-state index is 12.0. The van der Waals surface area contributed by atoms with E-state index in [1.54, 1.807) is 12.1 Å². The first-order valence-electron chi connectivity index (χ1n) is 5.32. The van der Waals surface area contributed by atoms with Gasteiger partial charge in [0, 0.05) is 0 Å². The Bertz CT molecular complexity index is 462. The fourth-order valence-electron chi connectivity index (χ4n) is 2.43. The van der Waals surface area contributed by atoms with Gasteiger partial charge in [-0.05, 0) is 29.9 Å². The van der Waals surface area contributed by atoms with Crippen LogP contribution < -0.4 is 0 Å². The Labute approximate surface area is 91.2 Å². The highest BCUT2D eigenvalue weighted by Crippen LogP contribution is 2.34. The summed E-state index contributed by atoms with van der Waals surface area (Å²) in [5.74, 6) is 0.875. The number of fused-ring (bicyclic) bond motifs is 1. The molecule has 0 aliphatic carbocycles. The molecule has 0 N–H and O–H groups in total. The summed E-state index contributed by atoms with van der Waals surface area (Å²) in [5.41, 5.74) is 0.988. The van der Waals surface area contributed by atoms with Crippen LogP contribution in [0.4, 0.5) is 0 Å². The Morgan fingerprint density at radius 1 is 1.20 bits per heavy atom.